The van der Waals surface area contributed by atoms with Crippen LogP contribution in [0.1, 0.15) is 25.0 Å². The van der Waals surface area contributed by atoms with Gasteiger partial charge in [0.15, 0.2) is 17.2 Å². The molecule has 0 amide bonds. The Morgan fingerprint density at radius 1 is 0.643 bits per heavy atom. The van der Waals surface area contributed by atoms with Gasteiger partial charge in [0.2, 0.25) is 0 Å². The van der Waals surface area contributed by atoms with Crippen LogP contribution in [-0.2, 0) is 19.5 Å². The molecule has 7 heteroatoms. The predicted molar refractivity (Wildman–Crippen MR) is 173 cm³/mol. The molecule has 7 aromatic rings. The van der Waals surface area contributed by atoms with Crippen molar-refractivity contribution in [1.82, 2.24) is 9.13 Å². The molecule has 5 nitrogen and oxygen atoms in total. The Morgan fingerprint density at radius 3 is 1.90 bits per heavy atom. The zero-order chi connectivity index (χ0) is 28.3. The summed E-state index contributed by atoms with van der Waals surface area (Å²) in [5, 5.41) is 9.00. The monoisotopic (exact) mass is 589 g/mol. The van der Waals surface area contributed by atoms with Crippen LogP contribution in [0.3, 0.4) is 0 Å². The minimum Gasteiger partial charge on any atom is -0.454 e. The van der Waals surface area contributed by atoms with E-state index in [0.717, 1.165) is 68.6 Å². The number of hydrogen-bond donors (Lipinski definition) is 1. The Balaban J connectivity index is 1.24. The quantitative estimate of drug-likeness (QED) is 0.218. The van der Waals surface area contributed by atoms with Crippen LogP contribution >= 0.6 is 23.2 Å². The van der Waals surface area contributed by atoms with Crippen molar-refractivity contribution in [2.45, 2.75) is 33.4 Å². The first-order valence-electron chi connectivity index (χ1n) is 14.3. The molecular formula is C35H25Cl2N3O2. The average molecular weight is 591 g/mol. The first-order valence-corrected chi connectivity index (χ1v) is 15.1. The SMILES string of the molecule is CCn1c2ccccc2c2c3c(ccc21)Cc1c(Cl)c2c(c(Cl)c1O3)Nc1ccc3c(c1O2)c1ccccc1n3CC. The van der Waals surface area contributed by atoms with Crippen molar-refractivity contribution >= 4 is 78.2 Å². The van der Waals surface area contributed by atoms with E-state index in [2.05, 4.69) is 101 Å². The number of anilines is 2. The van der Waals surface area contributed by atoms with Gasteiger partial charge in [-0.15, -0.1) is 0 Å². The fourth-order valence-electron chi connectivity index (χ4n) is 7.09. The van der Waals surface area contributed by atoms with Crippen LogP contribution in [0.5, 0.6) is 23.0 Å². The van der Waals surface area contributed by atoms with Crippen LogP contribution in [0.15, 0.2) is 72.8 Å². The van der Waals surface area contributed by atoms with Crippen molar-refractivity contribution in [2.75, 3.05) is 5.32 Å². The number of rotatable bonds is 2. The minimum atomic E-state index is 0.466. The zero-order valence-electron chi connectivity index (χ0n) is 23.0. The third-order valence-electron chi connectivity index (χ3n) is 8.91. The smallest absolute Gasteiger partial charge is 0.171 e. The summed E-state index contributed by atoms with van der Waals surface area (Å²) >= 11 is 14.3. The van der Waals surface area contributed by atoms with Gasteiger partial charge in [-0.2, -0.15) is 0 Å². The van der Waals surface area contributed by atoms with Gasteiger partial charge in [0, 0.05) is 52.4 Å². The van der Waals surface area contributed by atoms with Gasteiger partial charge in [-0.05, 0) is 44.2 Å². The molecule has 9 rings (SSSR count). The number of nitrogens with one attached hydrogen (secondary N) is 1. The highest BCUT2D eigenvalue weighted by Gasteiger charge is 2.34. The molecule has 0 saturated heterocycles. The first-order chi connectivity index (χ1) is 20.6. The summed E-state index contributed by atoms with van der Waals surface area (Å²) in [6.07, 6.45) is 0.591. The predicted octanol–water partition coefficient (Wildman–Crippen LogP) is 10.8. The molecule has 2 aliphatic rings. The topological polar surface area (TPSA) is 40.4 Å². The van der Waals surface area contributed by atoms with Crippen LogP contribution < -0.4 is 14.8 Å². The number of benzene rings is 5. The Labute approximate surface area is 251 Å². The van der Waals surface area contributed by atoms with Gasteiger partial charge in [-0.25, -0.2) is 0 Å². The molecule has 1 N–H and O–H groups in total. The molecule has 0 atom stereocenters. The summed E-state index contributed by atoms with van der Waals surface area (Å²) in [6, 6.07) is 25.4. The summed E-state index contributed by atoms with van der Waals surface area (Å²) in [5.74, 6) is 2.71. The number of fused-ring (bicyclic) bond motifs is 12. The van der Waals surface area contributed by atoms with Crippen molar-refractivity contribution in [3.05, 3.63) is 94.0 Å². The number of aromatic nitrogens is 2. The maximum Gasteiger partial charge on any atom is 0.171 e. The van der Waals surface area contributed by atoms with Crippen molar-refractivity contribution < 1.29 is 9.47 Å². The van der Waals surface area contributed by atoms with E-state index in [1.165, 1.54) is 16.4 Å². The molecule has 4 heterocycles. The molecule has 0 unspecified atom stereocenters. The summed E-state index contributed by atoms with van der Waals surface area (Å²) < 4.78 is 18.1. The highest BCUT2D eigenvalue weighted by Crippen LogP contribution is 2.59. The van der Waals surface area contributed by atoms with Gasteiger partial charge in [0.05, 0.1) is 32.5 Å². The minimum absolute atomic E-state index is 0.466. The maximum atomic E-state index is 7.18. The van der Waals surface area contributed by atoms with E-state index in [0.29, 0.717) is 33.7 Å². The molecule has 0 saturated carbocycles. The van der Waals surface area contributed by atoms with E-state index in [1.54, 1.807) is 0 Å². The Morgan fingerprint density at radius 2 is 1.24 bits per heavy atom. The fraction of sp³-hybridized carbons (Fsp3) is 0.143. The second kappa shape index (κ2) is 8.60. The molecule has 2 aromatic heterocycles. The lowest BCUT2D eigenvalue weighted by molar-refractivity contribution is 0.457. The lowest BCUT2D eigenvalue weighted by Gasteiger charge is -2.30. The van der Waals surface area contributed by atoms with E-state index >= 15 is 0 Å². The lowest BCUT2D eigenvalue weighted by atomic mass is 9.96. The molecule has 5 aromatic carbocycles. The van der Waals surface area contributed by atoms with E-state index < -0.39 is 0 Å². The molecule has 0 bridgehead atoms. The molecular weight excluding hydrogens is 565 g/mol. The second-order valence-corrected chi connectivity index (χ2v) is 11.7. The molecule has 42 heavy (non-hydrogen) atoms. The van der Waals surface area contributed by atoms with E-state index in [9.17, 15) is 0 Å². The normalized spacial score (nSPS) is 13.4. The van der Waals surface area contributed by atoms with E-state index in [1.807, 2.05) is 0 Å². The Bertz CT molecular complexity index is 2150. The number of ether oxygens (including phenoxy) is 2. The van der Waals surface area contributed by atoms with E-state index in [4.69, 9.17) is 32.7 Å². The average Bonchev–Trinajstić information content (AvgIpc) is 3.54. The van der Waals surface area contributed by atoms with Crippen molar-refractivity contribution in [3.8, 4) is 23.0 Å². The first kappa shape index (κ1) is 24.3. The van der Waals surface area contributed by atoms with Crippen LogP contribution in [0.2, 0.25) is 10.0 Å². The van der Waals surface area contributed by atoms with Gasteiger partial charge in [0.25, 0.3) is 0 Å². The van der Waals surface area contributed by atoms with Gasteiger partial charge in [0.1, 0.15) is 16.5 Å². The number of nitrogens with zero attached hydrogens (tertiary/aromatic N) is 2. The highest BCUT2D eigenvalue weighted by molar-refractivity contribution is 6.39. The zero-order valence-corrected chi connectivity index (χ0v) is 24.5. The standard InChI is InChI=1S/C35H25Cl2N3O2/c1-3-39-23-11-7-5-9-19(23)27-25(39)15-13-18-17-21-29(36)35-31(30(37)33(21)41-32(18)27)38-22-14-16-26-28(34(22)42-35)20-10-6-8-12-24(20)40(26)4-2/h5-16,38H,3-4,17H2,1-2H3. The maximum absolute atomic E-state index is 7.18. The van der Waals surface area contributed by atoms with Crippen LogP contribution in [0.25, 0.3) is 43.6 Å². The summed E-state index contributed by atoms with van der Waals surface area (Å²) in [6.45, 7) is 6.05. The van der Waals surface area contributed by atoms with Crippen molar-refractivity contribution in [1.29, 1.82) is 0 Å². The molecule has 0 radical (unpaired) electrons. The highest BCUT2D eigenvalue weighted by atomic mass is 35.5. The second-order valence-electron chi connectivity index (χ2n) is 11.0. The van der Waals surface area contributed by atoms with Gasteiger partial charge in [-0.1, -0.05) is 65.7 Å². The summed E-state index contributed by atoms with van der Waals surface area (Å²) in [7, 11) is 0. The largest absolute Gasteiger partial charge is 0.454 e. The summed E-state index contributed by atoms with van der Waals surface area (Å²) in [4.78, 5) is 0. The lowest BCUT2D eigenvalue weighted by Crippen LogP contribution is -2.10. The van der Waals surface area contributed by atoms with Crippen LogP contribution in [0, 0.1) is 0 Å². The molecule has 0 aliphatic carbocycles. The van der Waals surface area contributed by atoms with Gasteiger partial charge >= 0.3 is 0 Å². The number of halogens is 2. The fourth-order valence-corrected chi connectivity index (χ4v) is 7.66. The van der Waals surface area contributed by atoms with Crippen molar-refractivity contribution in [3.63, 3.8) is 0 Å². The van der Waals surface area contributed by atoms with Gasteiger partial charge in [-0.3, -0.25) is 0 Å². The molecule has 206 valence electrons. The Kier molecular flexibility index (Phi) is 4.98. The van der Waals surface area contributed by atoms with Crippen LogP contribution in [-0.4, -0.2) is 9.13 Å². The Hall–Kier alpha value is -4.32. The van der Waals surface area contributed by atoms with Crippen molar-refractivity contribution in [2.24, 2.45) is 0 Å². The number of aryl methyl sites for hydroxylation is 2. The van der Waals surface area contributed by atoms with Gasteiger partial charge < -0.3 is 23.9 Å². The van der Waals surface area contributed by atoms with E-state index in [-0.39, 0.29) is 0 Å². The molecule has 0 fully saturated rings. The third-order valence-corrected chi connectivity index (χ3v) is 9.68. The third kappa shape index (κ3) is 3.00. The van der Waals surface area contributed by atoms with Crippen LogP contribution in [0.4, 0.5) is 11.4 Å². The molecule has 2 aliphatic heterocycles. The number of para-hydroxylation sites is 2. The molecule has 0 spiro atoms. The summed E-state index contributed by atoms with van der Waals surface area (Å²) in [5.41, 5.74) is 8.00. The number of hydrogen-bond acceptors (Lipinski definition) is 3.